The van der Waals surface area contributed by atoms with Gasteiger partial charge in [-0.05, 0) is 20.3 Å². The van der Waals surface area contributed by atoms with Crippen LogP contribution in [-0.2, 0) is 14.3 Å². The standard InChI is InChI=1S/C12H20N2O3/c1-12(2)11(16)13-4-5-14(12)7-10(15)9-3-6-17-8-9/h9H,3-8H2,1-2H3,(H,13,16). The molecule has 0 bridgehead atoms. The molecule has 2 saturated heterocycles. The van der Waals surface area contributed by atoms with Gasteiger partial charge in [0.05, 0.1) is 18.7 Å². The summed E-state index contributed by atoms with van der Waals surface area (Å²) in [7, 11) is 0. The van der Waals surface area contributed by atoms with Crippen LogP contribution in [0.3, 0.4) is 0 Å². The van der Waals surface area contributed by atoms with Gasteiger partial charge in [-0.25, -0.2) is 0 Å². The Bertz CT molecular complexity index is 322. The Morgan fingerprint density at radius 2 is 2.35 bits per heavy atom. The minimum atomic E-state index is -0.590. The lowest BCUT2D eigenvalue weighted by Gasteiger charge is -2.41. The molecule has 1 atom stereocenters. The Kier molecular flexibility index (Phi) is 3.49. The molecule has 2 heterocycles. The summed E-state index contributed by atoms with van der Waals surface area (Å²) in [6.45, 7) is 6.66. The van der Waals surface area contributed by atoms with Gasteiger partial charge in [0.1, 0.15) is 0 Å². The van der Waals surface area contributed by atoms with Crippen LogP contribution in [0.1, 0.15) is 20.3 Å². The van der Waals surface area contributed by atoms with Crippen molar-refractivity contribution in [2.24, 2.45) is 5.92 Å². The number of rotatable bonds is 3. The molecule has 5 heteroatoms. The van der Waals surface area contributed by atoms with Crippen LogP contribution in [0, 0.1) is 5.92 Å². The normalized spacial score (nSPS) is 29.1. The molecule has 1 amide bonds. The van der Waals surface area contributed by atoms with E-state index in [1.807, 2.05) is 18.7 Å². The number of carbonyl (C=O) groups excluding carboxylic acids is 2. The highest BCUT2D eigenvalue weighted by molar-refractivity contribution is 5.88. The van der Waals surface area contributed by atoms with Crippen molar-refractivity contribution < 1.29 is 14.3 Å². The first kappa shape index (κ1) is 12.5. The quantitative estimate of drug-likeness (QED) is 0.742. The highest BCUT2D eigenvalue weighted by Crippen LogP contribution is 2.20. The van der Waals surface area contributed by atoms with Crippen LogP contribution in [0.4, 0.5) is 0 Å². The molecule has 0 aromatic rings. The number of piperazine rings is 1. The van der Waals surface area contributed by atoms with Crippen molar-refractivity contribution in [1.82, 2.24) is 10.2 Å². The smallest absolute Gasteiger partial charge is 0.240 e. The molecule has 0 aromatic carbocycles. The van der Waals surface area contributed by atoms with Crippen molar-refractivity contribution in [2.45, 2.75) is 25.8 Å². The van der Waals surface area contributed by atoms with Crippen molar-refractivity contribution in [3.63, 3.8) is 0 Å². The fourth-order valence-electron chi connectivity index (χ4n) is 2.33. The average Bonchev–Trinajstić information content (AvgIpc) is 2.78. The zero-order valence-corrected chi connectivity index (χ0v) is 10.5. The summed E-state index contributed by atoms with van der Waals surface area (Å²) in [5.74, 6) is 0.222. The van der Waals surface area contributed by atoms with Gasteiger partial charge in [-0.2, -0.15) is 0 Å². The first-order valence-corrected chi connectivity index (χ1v) is 6.15. The Morgan fingerprint density at radius 3 is 3.00 bits per heavy atom. The molecule has 2 rings (SSSR count). The number of ether oxygens (including phenoxy) is 1. The monoisotopic (exact) mass is 240 g/mol. The summed E-state index contributed by atoms with van der Waals surface area (Å²) in [5.41, 5.74) is -0.590. The summed E-state index contributed by atoms with van der Waals surface area (Å²) in [5, 5.41) is 2.83. The van der Waals surface area contributed by atoms with E-state index in [0.717, 1.165) is 13.0 Å². The largest absolute Gasteiger partial charge is 0.381 e. The first-order chi connectivity index (χ1) is 8.01. The van der Waals surface area contributed by atoms with E-state index in [1.54, 1.807) is 0 Å². The third kappa shape index (κ3) is 2.50. The molecule has 0 aromatic heterocycles. The number of carbonyl (C=O) groups is 2. The van der Waals surface area contributed by atoms with Gasteiger partial charge in [0, 0.05) is 25.6 Å². The molecule has 96 valence electrons. The van der Waals surface area contributed by atoms with Gasteiger partial charge in [0.2, 0.25) is 5.91 Å². The first-order valence-electron chi connectivity index (χ1n) is 6.15. The number of amides is 1. The lowest BCUT2D eigenvalue weighted by molar-refractivity contribution is -0.137. The number of ketones is 1. The molecular weight excluding hydrogens is 220 g/mol. The molecule has 0 aliphatic carbocycles. The lowest BCUT2D eigenvalue weighted by Crippen LogP contribution is -2.62. The topological polar surface area (TPSA) is 58.6 Å². The van der Waals surface area contributed by atoms with Crippen LogP contribution in [0.5, 0.6) is 0 Å². The number of Topliss-reactive ketones (excluding diaryl/α,β-unsaturated/α-hetero) is 1. The minimum Gasteiger partial charge on any atom is -0.381 e. The van der Waals surface area contributed by atoms with E-state index in [-0.39, 0.29) is 17.6 Å². The lowest BCUT2D eigenvalue weighted by atomic mass is 9.96. The Balaban J connectivity index is 1.97. The Labute approximate surface area is 101 Å². The summed E-state index contributed by atoms with van der Waals surface area (Å²) >= 11 is 0. The predicted octanol–water partition coefficient (Wildman–Crippen LogP) is -0.198. The fraction of sp³-hybridized carbons (Fsp3) is 0.833. The van der Waals surface area contributed by atoms with Crippen LogP contribution in [-0.4, -0.2) is 55.0 Å². The van der Waals surface area contributed by atoms with E-state index < -0.39 is 5.54 Å². The second kappa shape index (κ2) is 4.74. The second-order valence-corrected chi connectivity index (χ2v) is 5.26. The number of nitrogens with zero attached hydrogens (tertiary/aromatic N) is 1. The van der Waals surface area contributed by atoms with Gasteiger partial charge in [-0.1, -0.05) is 0 Å². The molecule has 2 aliphatic rings. The van der Waals surface area contributed by atoms with Gasteiger partial charge in [-0.3, -0.25) is 14.5 Å². The summed E-state index contributed by atoms with van der Waals surface area (Å²) in [4.78, 5) is 25.8. The van der Waals surface area contributed by atoms with E-state index in [1.165, 1.54) is 0 Å². The third-order valence-corrected chi connectivity index (χ3v) is 3.75. The maximum Gasteiger partial charge on any atom is 0.240 e. The molecule has 5 nitrogen and oxygen atoms in total. The summed E-state index contributed by atoms with van der Waals surface area (Å²) in [6, 6.07) is 0. The molecule has 0 saturated carbocycles. The molecule has 0 spiro atoms. The van der Waals surface area contributed by atoms with Crippen LogP contribution in [0.2, 0.25) is 0 Å². The van der Waals surface area contributed by atoms with Crippen molar-refractivity contribution in [1.29, 1.82) is 0 Å². The average molecular weight is 240 g/mol. The highest BCUT2D eigenvalue weighted by Gasteiger charge is 2.39. The van der Waals surface area contributed by atoms with Crippen molar-refractivity contribution >= 4 is 11.7 Å². The minimum absolute atomic E-state index is 0.000720. The molecule has 17 heavy (non-hydrogen) atoms. The molecular formula is C12H20N2O3. The van der Waals surface area contributed by atoms with Crippen molar-refractivity contribution in [3.8, 4) is 0 Å². The van der Waals surface area contributed by atoms with E-state index in [9.17, 15) is 9.59 Å². The van der Waals surface area contributed by atoms with Crippen molar-refractivity contribution in [3.05, 3.63) is 0 Å². The van der Waals surface area contributed by atoms with Crippen LogP contribution >= 0.6 is 0 Å². The highest BCUT2D eigenvalue weighted by atomic mass is 16.5. The maximum atomic E-state index is 12.1. The SMILES string of the molecule is CC1(C)C(=O)NCCN1CC(=O)C1CCOC1. The molecule has 2 fully saturated rings. The number of hydrogen-bond acceptors (Lipinski definition) is 4. The summed E-state index contributed by atoms with van der Waals surface area (Å²) < 4.78 is 5.22. The Hall–Kier alpha value is -0.940. The number of nitrogens with one attached hydrogen (secondary N) is 1. The third-order valence-electron chi connectivity index (χ3n) is 3.75. The second-order valence-electron chi connectivity index (χ2n) is 5.26. The van der Waals surface area contributed by atoms with Gasteiger partial charge < -0.3 is 10.1 Å². The van der Waals surface area contributed by atoms with E-state index in [2.05, 4.69) is 5.32 Å². The molecule has 1 unspecified atom stereocenters. The van der Waals surface area contributed by atoms with E-state index in [4.69, 9.17) is 4.74 Å². The van der Waals surface area contributed by atoms with E-state index >= 15 is 0 Å². The van der Waals surface area contributed by atoms with Gasteiger partial charge in [-0.15, -0.1) is 0 Å². The fourth-order valence-corrected chi connectivity index (χ4v) is 2.33. The van der Waals surface area contributed by atoms with Gasteiger partial charge in [0.15, 0.2) is 5.78 Å². The van der Waals surface area contributed by atoms with Crippen LogP contribution in [0.15, 0.2) is 0 Å². The molecule has 1 N–H and O–H groups in total. The van der Waals surface area contributed by atoms with E-state index in [0.29, 0.717) is 26.3 Å². The van der Waals surface area contributed by atoms with Gasteiger partial charge >= 0.3 is 0 Å². The number of hydrogen-bond donors (Lipinski definition) is 1. The van der Waals surface area contributed by atoms with Crippen LogP contribution in [0.25, 0.3) is 0 Å². The zero-order chi connectivity index (χ0) is 12.5. The van der Waals surface area contributed by atoms with Crippen LogP contribution < -0.4 is 5.32 Å². The summed E-state index contributed by atoms with van der Waals surface area (Å²) in [6.07, 6.45) is 0.819. The Morgan fingerprint density at radius 1 is 1.59 bits per heavy atom. The maximum absolute atomic E-state index is 12.1. The van der Waals surface area contributed by atoms with Crippen molar-refractivity contribution in [2.75, 3.05) is 32.8 Å². The molecule has 2 aliphatic heterocycles. The predicted molar refractivity (Wildman–Crippen MR) is 62.6 cm³/mol. The zero-order valence-electron chi connectivity index (χ0n) is 10.5. The van der Waals surface area contributed by atoms with Gasteiger partial charge in [0.25, 0.3) is 0 Å². The molecule has 0 radical (unpaired) electrons.